The minimum absolute atomic E-state index is 0.109. The second kappa shape index (κ2) is 6.95. The van der Waals surface area contributed by atoms with Gasteiger partial charge in [-0.25, -0.2) is 9.36 Å². The molecular weight excluding hydrogens is 366 g/mol. The maximum atomic E-state index is 12.8. The summed E-state index contributed by atoms with van der Waals surface area (Å²) in [6.07, 6.45) is 1.09. The third kappa shape index (κ3) is 3.09. The Balaban J connectivity index is 1.69. The molecule has 0 spiro atoms. The summed E-state index contributed by atoms with van der Waals surface area (Å²) in [5, 5.41) is 2.61. The van der Waals surface area contributed by atoms with E-state index in [2.05, 4.69) is 10.3 Å². The van der Waals surface area contributed by atoms with E-state index < -0.39 is 17.2 Å². The standard InChI is InChI=1S/C19H15N3O6/c1-26-13-4-2-3-12(8-13)22-18(24)14(9-20-19(22)25)17(23)21-11-5-6-15-16(7-11)28-10-27-15/h2-9H,10H2,1H3,(H,20,25)(H,21,23). The average molecular weight is 381 g/mol. The molecule has 0 fully saturated rings. The van der Waals surface area contributed by atoms with Crippen LogP contribution in [0.15, 0.2) is 58.3 Å². The molecule has 0 atom stereocenters. The molecule has 4 rings (SSSR count). The molecule has 0 saturated heterocycles. The fourth-order valence-corrected chi connectivity index (χ4v) is 2.79. The quantitative estimate of drug-likeness (QED) is 0.709. The number of aromatic amines is 1. The molecule has 2 N–H and O–H groups in total. The smallest absolute Gasteiger partial charge is 0.333 e. The predicted molar refractivity (Wildman–Crippen MR) is 99.7 cm³/mol. The number of hydrogen-bond acceptors (Lipinski definition) is 6. The zero-order valence-electron chi connectivity index (χ0n) is 14.7. The zero-order valence-corrected chi connectivity index (χ0v) is 14.7. The molecule has 9 nitrogen and oxygen atoms in total. The van der Waals surface area contributed by atoms with Gasteiger partial charge in [0.25, 0.3) is 11.5 Å². The number of benzene rings is 2. The Morgan fingerprint density at radius 1 is 1.14 bits per heavy atom. The number of carbonyl (C=O) groups is 1. The van der Waals surface area contributed by atoms with Gasteiger partial charge >= 0.3 is 5.69 Å². The summed E-state index contributed by atoms with van der Waals surface area (Å²) in [4.78, 5) is 40.0. The van der Waals surface area contributed by atoms with E-state index in [1.165, 1.54) is 13.2 Å². The van der Waals surface area contributed by atoms with E-state index in [-0.39, 0.29) is 18.0 Å². The number of fused-ring (bicyclic) bond motifs is 1. The van der Waals surface area contributed by atoms with Gasteiger partial charge in [0.1, 0.15) is 11.3 Å². The summed E-state index contributed by atoms with van der Waals surface area (Å²) >= 11 is 0. The molecule has 0 bridgehead atoms. The second-order valence-electron chi connectivity index (χ2n) is 5.87. The van der Waals surface area contributed by atoms with Crippen LogP contribution in [-0.2, 0) is 0 Å². The number of rotatable bonds is 4. The van der Waals surface area contributed by atoms with E-state index in [1.54, 1.807) is 36.4 Å². The van der Waals surface area contributed by atoms with Crippen LogP contribution in [0.5, 0.6) is 17.2 Å². The number of amides is 1. The first kappa shape index (κ1) is 17.4. The van der Waals surface area contributed by atoms with E-state index in [1.807, 2.05) is 0 Å². The summed E-state index contributed by atoms with van der Waals surface area (Å²) < 4.78 is 16.5. The van der Waals surface area contributed by atoms with Crippen LogP contribution in [-0.4, -0.2) is 29.4 Å². The fraction of sp³-hybridized carbons (Fsp3) is 0.105. The van der Waals surface area contributed by atoms with Gasteiger partial charge in [-0.05, 0) is 24.3 Å². The fourth-order valence-electron chi connectivity index (χ4n) is 2.79. The number of methoxy groups -OCH3 is 1. The molecule has 1 aliphatic rings. The lowest BCUT2D eigenvalue weighted by molar-refractivity contribution is 0.102. The van der Waals surface area contributed by atoms with Gasteiger partial charge in [-0.15, -0.1) is 0 Å². The van der Waals surface area contributed by atoms with Crippen molar-refractivity contribution in [2.24, 2.45) is 0 Å². The summed E-state index contributed by atoms with van der Waals surface area (Å²) in [6, 6.07) is 11.3. The maximum absolute atomic E-state index is 12.8. The lowest BCUT2D eigenvalue weighted by Gasteiger charge is -2.09. The van der Waals surface area contributed by atoms with Crippen molar-refractivity contribution in [3.05, 3.63) is 75.1 Å². The van der Waals surface area contributed by atoms with E-state index in [0.717, 1.165) is 10.8 Å². The van der Waals surface area contributed by atoms with Crippen LogP contribution in [0.1, 0.15) is 10.4 Å². The maximum Gasteiger partial charge on any atom is 0.333 e. The van der Waals surface area contributed by atoms with Gasteiger partial charge in [0, 0.05) is 24.0 Å². The highest BCUT2D eigenvalue weighted by Gasteiger charge is 2.18. The third-order valence-electron chi connectivity index (χ3n) is 4.16. The average Bonchev–Trinajstić information content (AvgIpc) is 3.16. The summed E-state index contributed by atoms with van der Waals surface area (Å²) in [7, 11) is 1.47. The minimum atomic E-state index is -0.754. The first-order valence-electron chi connectivity index (χ1n) is 8.27. The third-order valence-corrected chi connectivity index (χ3v) is 4.16. The normalized spacial score (nSPS) is 11.9. The summed E-state index contributed by atoms with van der Waals surface area (Å²) in [5.74, 6) is 0.867. The molecule has 0 saturated carbocycles. The van der Waals surface area contributed by atoms with E-state index in [4.69, 9.17) is 14.2 Å². The van der Waals surface area contributed by atoms with Crippen molar-refractivity contribution in [1.29, 1.82) is 0 Å². The van der Waals surface area contributed by atoms with Crippen LogP contribution in [0.3, 0.4) is 0 Å². The Morgan fingerprint density at radius 3 is 2.79 bits per heavy atom. The van der Waals surface area contributed by atoms with Crippen molar-refractivity contribution in [2.45, 2.75) is 0 Å². The molecule has 0 aliphatic carbocycles. The number of nitrogens with one attached hydrogen (secondary N) is 2. The molecule has 1 aromatic heterocycles. The second-order valence-corrected chi connectivity index (χ2v) is 5.87. The Hall–Kier alpha value is -4.01. The molecule has 2 aromatic carbocycles. The van der Waals surface area contributed by atoms with Crippen molar-refractivity contribution >= 4 is 11.6 Å². The number of aromatic nitrogens is 2. The van der Waals surface area contributed by atoms with E-state index >= 15 is 0 Å². The van der Waals surface area contributed by atoms with E-state index in [0.29, 0.717) is 22.9 Å². The van der Waals surface area contributed by atoms with Gasteiger partial charge in [0.15, 0.2) is 11.5 Å². The SMILES string of the molecule is COc1cccc(-n2c(=O)[nH]cc(C(=O)Nc3ccc4c(c3)OCO4)c2=O)c1. The van der Waals surface area contributed by atoms with Gasteiger partial charge in [0.2, 0.25) is 6.79 Å². The number of carbonyl (C=O) groups excluding carboxylic acids is 1. The van der Waals surface area contributed by atoms with Crippen molar-refractivity contribution in [3.63, 3.8) is 0 Å². The topological polar surface area (TPSA) is 112 Å². The Labute approximate surface area is 158 Å². The molecule has 0 radical (unpaired) electrons. The van der Waals surface area contributed by atoms with Crippen LogP contribution < -0.4 is 30.8 Å². The monoisotopic (exact) mass is 381 g/mol. The molecule has 2 heterocycles. The van der Waals surface area contributed by atoms with Crippen molar-refractivity contribution < 1.29 is 19.0 Å². The largest absolute Gasteiger partial charge is 0.497 e. The van der Waals surface area contributed by atoms with Crippen LogP contribution >= 0.6 is 0 Å². The molecule has 9 heteroatoms. The van der Waals surface area contributed by atoms with Gasteiger partial charge in [-0.3, -0.25) is 9.59 Å². The van der Waals surface area contributed by atoms with Gasteiger partial charge in [-0.1, -0.05) is 6.07 Å². The zero-order chi connectivity index (χ0) is 19.7. The number of anilines is 1. The molecule has 0 unspecified atom stereocenters. The number of nitrogens with zero attached hydrogens (tertiary/aromatic N) is 1. The Morgan fingerprint density at radius 2 is 1.96 bits per heavy atom. The van der Waals surface area contributed by atoms with Crippen LogP contribution in [0, 0.1) is 0 Å². The Kier molecular flexibility index (Phi) is 4.32. The highest BCUT2D eigenvalue weighted by atomic mass is 16.7. The Bertz CT molecular complexity index is 1180. The molecule has 28 heavy (non-hydrogen) atoms. The summed E-state index contributed by atoms with van der Waals surface area (Å²) in [5.41, 5.74) is -0.940. The van der Waals surface area contributed by atoms with Gasteiger partial charge in [-0.2, -0.15) is 0 Å². The molecular formula is C19H15N3O6. The van der Waals surface area contributed by atoms with Crippen LogP contribution in [0.4, 0.5) is 5.69 Å². The van der Waals surface area contributed by atoms with Crippen LogP contribution in [0.2, 0.25) is 0 Å². The number of hydrogen-bond donors (Lipinski definition) is 2. The van der Waals surface area contributed by atoms with Crippen molar-refractivity contribution in [1.82, 2.24) is 9.55 Å². The minimum Gasteiger partial charge on any atom is -0.497 e. The number of ether oxygens (including phenoxy) is 3. The van der Waals surface area contributed by atoms with Crippen LogP contribution in [0.25, 0.3) is 5.69 Å². The number of H-pyrrole nitrogens is 1. The first-order chi connectivity index (χ1) is 13.6. The van der Waals surface area contributed by atoms with Crippen molar-refractivity contribution in [2.75, 3.05) is 19.2 Å². The highest BCUT2D eigenvalue weighted by molar-refractivity contribution is 6.04. The summed E-state index contributed by atoms with van der Waals surface area (Å²) in [6.45, 7) is 0.109. The molecule has 142 valence electrons. The lowest BCUT2D eigenvalue weighted by atomic mass is 10.2. The lowest BCUT2D eigenvalue weighted by Crippen LogP contribution is -2.38. The van der Waals surface area contributed by atoms with Gasteiger partial charge < -0.3 is 24.5 Å². The molecule has 1 amide bonds. The van der Waals surface area contributed by atoms with Crippen molar-refractivity contribution in [3.8, 4) is 22.9 Å². The molecule has 3 aromatic rings. The van der Waals surface area contributed by atoms with Gasteiger partial charge in [0.05, 0.1) is 12.8 Å². The first-order valence-corrected chi connectivity index (χ1v) is 8.27. The molecule has 1 aliphatic heterocycles. The highest BCUT2D eigenvalue weighted by Crippen LogP contribution is 2.34. The predicted octanol–water partition coefficient (Wildman–Crippen LogP) is 1.52. The van der Waals surface area contributed by atoms with E-state index in [9.17, 15) is 14.4 Å².